The van der Waals surface area contributed by atoms with E-state index in [4.69, 9.17) is 18.9 Å². The van der Waals surface area contributed by atoms with Crippen molar-refractivity contribution in [3.8, 4) is 5.75 Å². The normalized spacial score (nSPS) is 12.0. The number of nitrogens with one attached hydrogen (secondary N) is 1. The summed E-state index contributed by atoms with van der Waals surface area (Å²) in [6.07, 6.45) is 2.21. The van der Waals surface area contributed by atoms with Crippen molar-refractivity contribution in [3.63, 3.8) is 0 Å². The molecule has 1 atom stereocenters. The zero-order valence-electron chi connectivity index (χ0n) is 17.0. The van der Waals surface area contributed by atoms with Gasteiger partial charge in [-0.1, -0.05) is 25.5 Å². The molecule has 0 saturated heterocycles. The molecular weight excluding hydrogens is 346 g/mol. The number of hydrogen-bond acceptors (Lipinski definition) is 6. The summed E-state index contributed by atoms with van der Waals surface area (Å²) in [5.74, 6) is 0.494. The van der Waals surface area contributed by atoms with Gasteiger partial charge in [0.05, 0.1) is 13.2 Å². The van der Waals surface area contributed by atoms with Crippen LogP contribution in [0, 0.1) is 0 Å². The zero-order chi connectivity index (χ0) is 19.7. The van der Waals surface area contributed by atoms with Gasteiger partial charge in [0, 0.05) is 32.7 Å². The fourth-order valence-corrected chi connectivity index (χ4v) is 2.44. The Morgan fingerprint density at radius 2 is 1.74 bits per heavy atom. The van der Waals surface area contributed by atoms with Gasteiger partial charge in [-0.25, -0.2) is 4.79 Å². The summed E-state index contributed by atoms with van der Waals surface area (Å²) in [7, 11) is 0. The average Bonchev–Trinajstić information content (AvgIpc) is 2.67. The van der Waals surface area contributed by atoms with E-state index in [1.807, 2.05) is 31.2 Å². The first-order valence-electron chi connectivity index (χ1n) is 9.99. The SMILES string of the molecule is CCCCOCCNCCOc1ccc(CC(OCC)C(=O)OCC)cc1. The third kappa shape index (κ3) is 11.0. The molecule has 1 N–H and O–H groups in total. The number of rotatable bonds is 16. The molecule has 0 aromatic heterocycles. The van der Waals surface area contributed by atoms with Crippen molar-refractivity contribution in [2.75, 3.05) is 46.1 Å². The van der Waals surface area contributed by atoms with Gasteiger partial charge < -0.3 is 24.3 Å². The maximum Gasteiger partial charge on any atom is 0.335 e. The average molecular weight is 382 g/mol. The Bertz CT molecular complexity index is 492. The fourth-order valence-electron chi connectivity index (χ4n) is 2.44. The molecule has 0 aliphatic rings. The van der Waals surface area contributed by atoms with Crippen LogP contribution in [0.4, 0.5) is 0 Å². The van der Waals surface area contributed by atoms with Crippen LogP contribution in [0.1, 0.15) is 39.2 Å². The quantitative estimate of drug-likeness (QED) is 0.351. The van der Waals surface area contributed by atoms with Gasteiger partial charge in [-0.3, -0.25) is 0 Å². The predicted octanol–water partition coefficient (Wildman–Crippen LogP) is 2.98. The third-order valence-electron chi connectivity index (χ3n) is 3.87. The molecule has 1 aromatic rings. The molecule has 0 aliphatic heterocycles. The Labute approximate surface area is 163 Å². The zero-order valence-corrected chi connectivity index (χ0v) is 17.0. The largest absolute Gasteiger partial charge is 0.492 e. The maximum atomic E-state index is 11.9. The lowest BCUT2D eigenvalue weighted by molar-refractivity contribution is -0.156. The summed E-state index contributed by atoms with van der Waals surface area (Å²) < 4.78 is 21.8. The van der Waals surface area contributed by atoms with Gasteiger partial charge in [0.1, 0.15) is 12.4 Å². The minimum absolute atomic E-state index is 0.315. The number of ether oxygens (including phenoxy) is 4. The van der Waals surface area contributed by atoms with Crippen LogP contribution in [0.2, 0.25) is 0 Å². The lowest BCUT2D eigenvalue weighted by atomic mass is 10.1. The van der Waals surface area contributed by atoms with Crippen LogP contribution in [-0.4, -0.2) is 58.2 Å². The van der Waals surface area contributed by atoms with Crippen molar-refractivity contribution in [3.05, 3.63) is 29.8 Å². The molecule has 6 heteroatoms. The first-order chi connectivity index (χ1) is 13.2. The van der Waals surface area contributed by atoms with Crippen molar-refractivity contribution in [1.29, 1.82) is 0 Å². The Morgan fingerprint density at radius 3 is 2.41 bits per heavy atom. The van der Waals surface area contributed by atoms with Gasteiger partial charge >= 0.3 is 5.97 Å². The van der Waals surface area contributed by atoms with Gasteiger partial charge in [0.15, 0.2) is 6.10 Å². The van der Waals surface area contributed by atoms with Crippen LogP contribution in [0.5, 0.6) is 5.75 Å². The van der Waals surface area contributed by atoms with E-state index in [1.54, 1.807) is 6.92 Å². The van der Waals surface area contributed by atoms with E-state index in [-0.39, 0.29) is 5.97 Å². The van der Waals surface area contributed by atoms with Gasteiger partial charge in [0.25, 0.3) is 0 Å². The van der Waals surface area contributed by atoms with E-state index < -0.39 is 6.10 Å². The van der Waals surface area contributed by atoms with Crippen LogP contribution < -0.4 is 10.1 Å². The van der Waals surface area contributed by atoms with Gasteiger partial charge in [-0.2, -0.15) is 0 Å². The predicted molar refractivity (Wildman–Crippen MR) is 106 cm³/mol. The lowest BCUT2D eigenvalue weighted by Crippen LogP contribution is -2.29. The number of carbonyl (C=O) groups excluding carboxylic acids is 1. The molecule has 0 saturated carbocycles. The van der Waals surface area contributed by atoms with E-state index in [1.165, 1.54) is 0 Å². The summed E-state index contributed by atoms with van der Waals surface area (Å²) in [5, 5.41) is 3.29. The molecule has 0 fully saturated rings. The monoisotopic (exact) mass is 381 g/mol. The van der Waals surface area contributed by atoms with Crippen LogP contribution in [-0.2, 0) is 25.4 Å². The molecule has 1 aromatic carbocycles. The van der Waals surface area contributed by atoms with Gasteiger partial charge in [0.2, 0.25) is 0 Å². The minimum Gasteiger partial charge on any atom is -0.492 e. The smallest absolute Gasteiger partial charge is 0.335 e. The van der Waals surface area contributed by atoms with Crippen molar-refractivity contribution in [2.45, 2.75) is 46.1 Å². The Hall–Kier alpha value is -1.63. The first-order valence-corrected chi connectivity index (χ1v) is 9.99. The lowest BCUT2D eigenvalue weighted by Gasteiger charge is -2.16. The molecule has 0 amide bonds. The molecule has 0 radical (unpaired) electrons. The minimum atomic E-state index is -0.564. The van der Waals surface area contributed by atoms with Crippen molar-refractivity contribution >= 4 is 5.97 Å². The van der Waals surface area contributed by atoms with Crippen molar-refractivity contribution in [1.82, 2.24) is 5.32 Å². The number of carbonyl (C=O) groups is 1. The summed E-state index contributed by atoms with van der Waals surface area (Å²) in [5.41, 5.74) is 1.01. The molecule has 154 valence electrons. The van der Waals surface area contributed by atoms with E-state index in [9.17, 15) is 4.79 Å². The van der Waals surface area contributed by atoms with Crippen LogP contribution in [0.3, 0.4) is 0 Å². The summed E-state index contributed by atoms with van der Waals surface area (Å²) in [4.78, 5) is 11.9. The van der Waals surface area contributed by atoms with Crippen LogP contribution in [0.25, 0.3) is 0 Å². The van der Waals surface area contributed by atoms with E-state index in [0.717, 1.165) is 50.5 Å². The highest BCUT2D eigenvalue weighted by molar-refractivity contribution is 5.75. The number of hydrogen-bond donors (Lipinski definition) is 1. The highest BCUT2D eigenvalue weighted by Crippen LogP contribution is 2.15. The second-order valence-electron chi connectivity index (χ2n) is 6.11. The molecule has 27 heavy (non-hydrogen) atoms. The Kier molecular flexibility index (Phi) is 13.4. The van der Waals surface area contributed by atoms with Crippen LogP contribution in [0.15, 0.2) is 24.3 Å². The van der Waals surface area contributed by atoms with E-state index in [2.05, 4.69) is 12.2 Å². The fraction of sp³-hybridized carbons (Fsp3) is 0.667. The topological polar surface area (TPSA) is 66.0 Å². The molecule has 1 rings (SSSR count). The standard InChI is InChI=1S/C21H35NO5/c1-4-7-14-24-15-12-22-13-16-27-19-10-8-18(9-11-19)17-20(25-5-2)21(23)26-6-3/h8-11,20,22H,4-7,12-17H2,1-3H3. The molecule has 0 aliphatic carbocycles. The van der Waals surface area contributed by atoms with Crippen LogP contribution >= 0.6 is 0 Å². The maximum absolute atomic E-state index is 11.9. The number of esters is 1. The Morgan fingerprint density at radius 1 is 1.00 bits per heavy atom. The van der Waals surface area contributed by atoms with Gasteiger partial charge in [-0.15, -0.1) is 0 Å². The van der Waals surface area contributed by atoms with E-state index in [0.29, 0.717) is 26.2 Å². The molecule has 6 nitrogen and oxygen atoms in total. The molecule has 0 heterocycles. The molecule has 0 bridgehead atoms. The summed E-state index contributed by atoms with van der Waals surface area (Å²) >= 11 is 0. The molecule has 1 unspecified atom stereocenters. The second kappa shape index (κ2) is 15.4. The van der Waals surface area contributed by atoms with Gasteiger partial charge in [-0.05, 0) is 38.0 Å². The highest BCUT2D eigenvalue weighted by Gasteiger charge is 2.20. The number of benzene rings is 1. The van der Waals surface area contributed by atoms with E-state index >= 15 is 0 Å². The summed E-state index contributed by atoms with van der Waals surface area (Å²) in [6, 6.07) is 7.74. The highest BCUT2D eigenvalue weighted by atomic mass is 16.6. The first kappa shape index (κ1) is 23.4. The Balaban J connectivity index is 2.25. The van der Waals surface area contributed by atoms with Crippen molar-refractivity contribution < 1.29 is 23.7 Å². The number of unbranched alkanes of at least 4 members (excludes halogenated alkanes) is 1. The van der Waals surface area contributed by atoms with Crippen molar-refractivity contribution in [2.24, 2.45) is 0 Å². The second-order valence-corrected chi connectivity index (χ2v) is 6.11. The molecular formula is C21H35NO5. The third-order valence-corrected chi connectivity index (χ3v) is 3.87. The summed E-state index contributed by atoms with van der Waals surface area (Å²) in [6.45, 7) is 10.4. The molecule has 0 spiro atoms.